The van der Waals surface area contributed by atoms with Crippen molar-refractivity contribution in [2.45, 2.75) is 6.42 Å². The molecule has 0 atom stereocenters. The first kappa shape index (κ1) is 10.0. The molecule has 0 aromatic rings. The number of rotatable bonds is 1. The zero-order valence-electron chi connectivity index (χ0n) is 7.77. The van der Waals surface area contributed by atoms with Gasteiger partial charge in [-0.1, -0.05) is 5.73 Å². The monoisotopic (exact) mass is 265 g/mol. The van der Waals surface area contributed by atoms with Crippen molar-refractivity contribution in [2.24, 2.45) is 0 Å². The Morgan fingerprint density at radius 1 is 1.53 bits per heavy atom. The number of hydrogen-bond donors (Lipinski definition) is 1. The quantitative estimate of drug-likeness (QED) is 0.741. The number of allylic oxidation sites excluding steroid dienone is 4. The van der Waals surface area contributed by atoms with E-state index in [1.54, 1.807) is 17.2 Å². The van der Waals surface area contributed by atoms with Crippen molar-refractivity contribution in [3.8, 4) is 0 Å². The predicted molar refractivity (Wildman–Crippen MR) is 59.9 cm³/mol. The maximum atomic E-state index is 11.0. The Morgan fingerprint density at radius 3 is 3.07 bits per heavy atom. The van der Waals surface area contributed by atoms with Crippen molar-refractivity contribution < 1.29 is 9.90 Å². The summed E-state index contributed by atoms with van der Waals surface area (Å²) in [7, 11) is 0. The van der Waals surface area contributed by atoms with Crippen LogP contribution >= 0.6 is 15.9 Å². The van der Waals surface area contributed by atoms with Gasteiger partial charge in [0.25, 0.3) is 0 Å². The Kier molecular flexibility index (Phi) is 2.62. The minimum Gasteiger partial charge on any atom is -0.477 e. The van der Waals surface area contributed by atoms with Crippen molar-refractivity contribution in [3.63, 3.8) is 0 Å². The molecule has 15 heavy (non-hydrogen) atoms. The van der Waals surface area contributed by atoms with Crippen molar-refractivity contribution in [3.05, 3.63) is 52.1 Å². The van der Waals surface area contributed by atoms with Gasteiger partial charge in [-0.15, -0.1) is 0 Å². The predicted octanol–water partition coefficient (Wildman–Crippen LogP) is 2.51. The summed E-state index contributed by atoms with van der Waals surface area (Å²) in [6, 6.07) is 0. The SMILES string of the molecule is O=C(O)C1=CCC=C=C2C=CC(Br)=CN21. The number of carboxylic acid groups (broad SMARTS) is 1. The van der Waals surface area contributed by atoms with Gasteiger partial charge in [-0.25, -0.2) is 4.79 Å². The smallest absolute Gasteiger partial charge is 0.352 e. The van der Waals surface area contributed by atoms with Gasteiger partial charge in [0.15, 0.2) is 0 Å². The first-order valence-electron chi connectivity index (χ1n) is 4.42. The van der Waals surface area contributed by atoms with Crippen LogP contribution in [0.3, 0.4) is 0 Å². The highest BCUT2D eigenvalue weighted by Crippen LogP contribution is 2.25. The maximum Gasteiger partial charge on any atom is 0.352 e. The zero-order valence-corrected chi connectivity index (χ0v) is 9.36. The Balaban J connectivity index is 2.49. The van der Waals surface area contributed by atoms with E-state index in [-0.39, 0.29) is 5.70 Å². The average Bonchev–Trinajstić information content (AvgIpc) is 2.39. The van der Waals surface area contributed by atoms with Crippen LogP contribution in [-0.4, -0.2) is 16.0 Å². The van der Waals surface area contributed by atoms with Crippen molar-refractivity contribution in [1.29, 1.82) is 0 Å². The molecule has 0 aromatic carbocycles. The number of carbonyl (C=O) groups is 1. The standard InChI is InChI=1S/C11H8BrNO2/c12-8-5-6-9-3-1-2-4-10(11(14)15)13(9)7-8/h1,4-7H,2H2,(H,14,15). The van der Waals surface area contributed by atoms with Crippen molar-refractivity contribution in [2.75, 3.05) is 0 Å². The third-order valence-electron chi connectivity index (χ3n) is 2.07. The minimum absolute atomic E-state index is 0.257. The Bertz CT molecular complexity index is 465. The molecule has 0 radical (unpaired) electrons. The second-order valence-electron chi connectivity index (χ2n) is 3.08. The zero-order chi connectivity index (χ0) is 10.8. The van der Waals surface area contributed by atoms with Crippen LogP contribution < -0.4 is 0 Å². The summed E-state index contributed by atoms with van der Waals surface area (Å²) < 4.78 is 0.835. The third kappa shape index (κ3) is 1.96. The van der Waals surface area contributed by atoms with Gasteiger partial charge in [-0.05, 0) is 46.7 Å². The van der Waals surface area contributed by atoms with Crippen LogP contribution in [-0.2, 0) is 4.79 Å². The fourth-order valence-corrected chi connectivity index (χ4v) is 1.75. The lowest BCUT2D eigenvalue weighted by molar-refractivity contribution is -0.133. The van der Waals surface area contributed by atoms with E-state index < -0.39 is 5.97 Å². The van der Waals surface area contributed by atoms with Gasteiger partial charge in [0.2, 0.25) is 0 Å². The summed E-state index contributed by atoms with van der Waals surface area (Å²) in [5.74, 6) is -0.934. The Hall–Kier alpha value is -1.51. The molecule has 2 heterocycles. The maximum absolute atomic E-state index is 11.0. The molecule has 0 spiro atoms. The van der Waals surface area contributed by atoms with E-state index in [4.69, 9.17) is 5.11 Å². The molecule has 76 valence electrons. The fraction of sp³-hybridized carbons (Fsp3) is 0.0909. The fourth-order valence-electron chi connectivity index (χ4n) is 1.41. The van der Waals surface area contributed by atoms with Crippen LogP contribution in [0, 0.1) is 0 Å². The summed E-state index contributed by atoms with van der Waals surface area (Å²) in [6.07, 6.45) is 9.47. The first-order chi connectivity index (χ1) is 7.18. The molecular formula is C11H8BrNO2. The lowest BCUT2D eigenvalue weighted by atomic mass is 10.2. The minimum atomic E-state index is -0.934. The van der Waals surface area contributed by atoms with E-state index in [1.165, 1.54) is 0 Å². The number of hydrogen-bond acceptors (Lipinski definition) is 2. The highest BCUT2D eigenvalue weighted by molar-refractivity contribution is 9.11. The first-order valence-corrected chi connectivity index (χ1v) is 5.21. The van der Waals surface area contributed by atoms with E-state index >= 15 is 0 Å². The number of carboxylic acids is 1. The molecule has 0 aromatic heterocycles. The molecule has 0 aliphatic carbocycles. The molecule has 0 saturated heterocycles. The summed E-state index contributed by atoms with van der Waals surface area (Å²) in [4.78, 5) is 12.6. The molecule has 0 amide bonds. The summed E-state index contributed by atoms with van der Waals surface area (Å²) >= 11 is 3.31. The van der Waals surface area contributed by atoms with Gasteiger partial charge in [-0.3, -0.25) is 0 Å². The van der Waals surface area contributed by atoms with E-state index in [0.29, 0.717) is 6.42 Å². The Morgan fingerprint density at radius 2 is 2.33 bits per heavy atom. The molecule has 2 aliphatic rings. The van der Waals surface area contributed by atoms with Crippen LogP contribution in [0.25, 0.3) is 0 Å². The van der Waals surface area contributed by atoms with Crippen molar-refractivity contribution >= 4 is 21.9 Å². The summed E-state index contributed by atoms with van der Waals surface area (Å²) in [6.45, 7) is 0. The van der Waals surface area contributed by atoms with E-state index in [0.717, 1.165) is 10.2 Å². The van der Waals surface area contributed by atoms with Crippen LogP contribution in [0.1, 0.15) is 6.42 Å². The van der Waals surface area contributed by atoms with Gasteiger partial charge in [-0.2, -0.15) is 0 Å². The van der Waals surface area contributed by atoms with Gasteiger partial charge in [0.1, 0.15) is 5.70 Å². The van der Waals surface area contributed by atoms with Gasteiger partial charge < -0.3 is 10.0 Å². The third-order valence-corrected chi connectivity index (χ3v) is 2.54. The normalized spacial score (nSPS) is 18.7. The van der Waals surface area contributed by atoms with Crippen LogP contribution in [0.15, 0.2) is 52.1 Å². The average molecular weight is 266 g/mol. The number of fused-ring (bicyclic) bond motifs is 1. The molecule has 0 saturated carbocycles. The molecule has 1 N–H and O–H groups in total. The topological polar surface area (TPSA) is 40.5 Å². The molecule has 0 bridgehead atoms. The number of halogens is 1. The summed E-state index contributed by atoms with van der Waals surface area (Å²) in [5.41, 5.74) is 4.04. The molecular weight excluding hydrogens is 258 g/mol. The van der Waals surface area contributed by atoms with Crippen LogP contribution in [0.5, 0.6) is 0 Å². The Labute approximate surface area is 95.5 Å². The molecule has 2 aliphatic heterocycles. The second-order valence-corrected chi connectivity index (χ2v) is 4.00. The number of nitrogens with zero attached hydrogens (tertiary/aromatic N) is 1. The molecule has 3 nitrogen and oxygen atoms in total. The molecule has 2 rings (SSSR count). The lowest BCUT2D eigenvalue weighted by Gasteiger charge is -2.22. The van der Waals surface area contributed by atoms with E-state index in [1.807, 2.05) is 18.2 Å². The van der Waals surface area contributed by atoms with Crippen LogP contribution in [0.4, 0.5) is 0 Å². The highest BCUT2D eigenvalue weighted by atomic mass is 79.9. The van der Waals surface area contributed by atoms with Crippen LogP contribution in [0.2, 0.25) is 0 Å². The second kappa shape index (κ2) is 3.93. The van der Waals surface area contributed by atoms with E-state index in [2.05, 4.69) is 21.7 Å². The molecule has 0 fully saturated rings. The van der Waals surface area contributed by atoms with Gasteiger partial charge in [0.05, 0.1) is 5.70 Å². The van der Waals surface area contributed by atoms with Crippen molar-refractivity contribution in [1.82, 2.24) is 4.90 Å². The summed E-state index contributed by atoms with van der Waals surface area (Å²) in [5, 5.41) is 9.05. The van der Waals surface area contributed by atoms with E-state index in [9.17, 15) is 4.79 Å². The molecule has 0 unspecified atom stereocenters. The lowest BCUT2D eigenvalue weighted by Crippen LogP contribution is -2.22. The van der Waals surface area contributed by atoms with Gasteiger partial charge in [0, 0.05) is 10.7 Å². The highest BCUT2D eigenvalue weighted by Gasteiger charge is 2.20. The van der Waals surface area contributed by atoms with Gasteiger partial charge >= 0.3 is 5.97 Å². The largest absolute Gasteiger partial charge is 0.477 e. The number of aliphatic carboxylic acids is 1. The molecule has 4 heteroatoms.